The first kappa shape index (κ1) is 22.4. The molecular formula is C27H30ClNO5. The number of phenolic OH excluding ortho intramolecular Hbond substituents is 1. The second-order valence-electron chi connectivity index (χ2n) is 10.8. The summed E-state index contributed by atoms with van der Waals surface area (Å²) in [7, 11) is 0. The molecule has 2 saturated carbocycles. The van der Waals surface area contributed by atoms with Crippen molar-refractivity contribution in [3.05, 3.63) is 64.4 Å². The van der Waals surface area contributed by atoms with E-state index in [0.29, 0.717) is 57.0 Å². The number of carbonyl (C=O) groups is 1. The van der Waals surface area contributed by atoms with Crippen LogP contribution in [0.1, 0.15) is 48.8 Å². The lowest BCUT2D eigenvalue weighted by Gasteiger charge is -2.68. The van der Waals surface area contributed by atoms with Crippen LogP contribution < -0.4 is 4.74 Å². The van der Waals surface area contributed by atoms with Gasteiger partial charge in [-0.05, 0) is 36.5 Å². The average Bonchev–Trinajstić information content (AvgIpc) is 3.55. The molecule has 0 amide bonds. The lowest BCUT2D eigenvalue weighted by molar-refractivity contribution is -0.924. The molecule has 2 bridgehead atoms. The van der Waals surface area contributed by atoms with Crippen molar-refractivity contribution in [2.24, 2.45) is 5.92 Å². The van der Waals surface area contributed by atoms with Crippen LogP contribution in [0.3, 0.4) is 0 Å². The zero-order chi connectivity index (χ0) is 22.4. The van der Waals surface area contributed by atoms with E-state index in [1.54, 1.807) is 6.07 Å². The van der Waals surface area contributed by atoms with Gasteiger partial charge in [0, 0.05) is 30.7 Å². The summed E-state index contributed by atoms with van der Waals surface area (Å²) in [5.74, 6) is 1.07. The Morgan fingerprint density at radius 2 is 1.94 bits per heavy atom. The number of hydroxylamine groups is 3. The largest absolute Gasteiger partial charge is 0.632 e. The molecule has 1 saturated heterocycles. The topological polar surface area (TPSA) is 78.8 Å². The smallest absolute Gasteiger partial charge is 0.174 e. The van der Waals surface area contributed by atoms with Gasteiger partial charge in [-0.3, -0.25) is 4.79 Å². The van der Waals surface area contributed by atoms with E-state index >= 15 is 0 Å². The van der Waals surface area contributed by atoms with Crippen LogP contribution in [0.15, 0.2) is 42.5 Å². The summed E-state index contributed by atoms with van der Waals surface area (Å²) < 4.78 is 13.0. The Kier molecular flexibility index (Phi) is 4.89. The highest BCUT2D eigenvalue weighted by Gasteiger charge is 2.77. The number of halogens is 1. The average molecular weight is 484 g/mol. The van der Waals surface area contributed by atoms with Crippen LogP contribution in [0.4, 0.5) is 0 Å². The molecule has 3 aliphatic carbocycles. The van der Waals surface area contributed by atoms with Crippen LogP contribution in [-0.4, -0.2) is 46.4 Å². The van der Waals surface area contributed by atoms with Crippen molar-refractivity contribution < 1.29 is 24.0 Å². The van der Waals surface area contributed by atoms with E-state index < -0.39 is 17.1 Å². The highest BCUT2D eigenvalue weighted by atomic mass is 35.5. The summed E-state index contributed by atoms with van der Waals surface area (Å²) in [5, 5.41) is 25.2. The molecule has 5 aliphatic rings. The number of rotatable bonds is 5. The molecule has 2 aromatic carbocycles. The highest BCUT2D eigenvalue weighted by Crippen LogP contribution is 2.67. The fourth-order valence-electron chi connectivity index (χ4n) is 7.59. The van der Waals surface area contributed by atoms with Crippen molar-refractivity contribution in [2.45, 2.75) is 68.3 Å². The third-order valence-corrected chi connectivity index (χ3v) is 9.15. The number of nitrogens with zero attached hydrogens (tertiary/aromatic N) is 1. The van der Waals surface area contributed by atoms with Crippen LogP contribution in [0.25, 0.3) is 0 Å². The van der Waals surface area contributed by atoms with E-state index in [4.69, 9.17) is 9.47 Å². The summed E-state index contributed by atoms with van der Waals surface area (Å²) in [4.78, 5) is 13.3. The maximum absolute atomic E-state index is 14.5. The molecule has 5 atom stereocenters. The number of ketones is 1. The van der Waals surface area contributed by atoms with E-state index in [1.165, 1.54) is 0 Å². The van der Waals surface area contributed by atoms with Gasteiger partial charge < -0.3 is 24.4 Å². The quantitative estimate of drug-likeness (QED) is 0.509. The van der Waals surface area contributed by atoms with Crippen molar-refractivity contribution in [3.8, 4) is 11.5 Å². The minimum Gasteiger partial charge on any atom is -0.632 e. The molecule has 2 aromatic rings. The fourth-order valence-corrected chi connectivity index (χ4v) is 7.59. The van der Waals surface area contributed by atoms with Gasteiger partial charge in [0.05, 0.1) is 25.1 Å². The molecule has 7 heteroatoms. The van der Waals surface area contributed by atoms with E-state index in [-0.39, 0.29) is 34.6 Å². The molecule has 6 nitrogen and oxygen atoms in total. The third kappa shape index (κ3) is 2.77. The molecule has 1 unspecified atom stereocenters. The molecule has 7 rings (SSSR count). The third-order valence-electron chi connectivity index (χ3n) is 9.15. The number of likely N-dealkylation sites (tertiary alicyclic amines) is 1. The highest BCUT2D eigenvalue weighted by molar-refractivity contribution is 5.90. The Labute approximate surface area is 205 Å². The Morgan fingerprint density at radius 3 is 2.71 bits per heavy atom. The minimum absolute atomic E-state index is 0. The van der Waals surface area contributed by atoms with E-state index in [2.05, 4.69) is 0 Å². The maximum atomic E-state index is 14.5. The molecule has 34 heavy (non-hydrogen) atoms. The van der Waals surface area contributed by atoms with Gasteiger partial charge in [-0.1, -0.05) is 36.4 Å². The summed E-state index contributed by atoms with van der Waals surface area (Å²) in [5.41, 5.74) is 1.53. The number of hydrogen-bond donors (Lipinski definition) is 1. The predicted molar refractivity (Wildman–Crippen MR) is 128 cm³/mol. The number of piperidine rings is 1. The number of phenols is 1. The summed E-state index contributed by atoms with van der Waals surface area (Å²) in [6.07, 6.45) is 3.60. The molecule has 180 valence electrons. The van der Waals surface area contributed by atoms with Crippen LogP contribution in [-0.2, 0) is 28.0 Å². The van der Waals surface area contributed by atoms with E-state index in [1.807, 2.05) is 36.4 Å². The summed E-state index contributed by atoms with van der Waals surface area (Å²) >= 11 is 0. The maximum Gasteiger partial charge on any atom is 0.174 e. The summed E-state index contributed by atoms with van der Waals surface area (Å²) in [6.45, 7) is 1.50. The second-order valence-corrected chi connectivity index (χ2v) is 10.8. The number of ether oxygens (including phenoxy) is 2. The lowest BCUT2D eigenvalue weighted by atomic mass is 9.48. The van der Waals surface area contributed by atoms with Gasteiger partial charge in [-0.15, -0.1) is 12.4 Å². The standard InChI is InChI=1S/C27H29NO5.ClH/c29-20-9-8-19-14-22-27(32-16-18-4-2-1-3-5-18)11-10-21(30)25-26(27,23(19)24(20)33-25)12-13-28(22,31)15-17-6-7-17;/h1-5,8-9,17,22,25,29H,6-7,10-16H2;1H/t22-,25+,26+,27-,28?;/m1./s1. The Morgan fingerprint density at radius 1 is 1.15 bits per heavy atom. The van der Waals surface area contributed by atoms with Gasteiger partial charge in [0.1, 0.15) is 11.6 Å². The van der Waals surface area contributed by atoms with Crippen LogP contribution in [0.5, 0.6) is 11.5 Å². The first-order chi connectivity index (χ1) is 16.0. The van der Waals surface area contributed by atoms with E-state index in [9.17, 15) is 15.1 Å². The van der Waals surface area contributed by atoms with E-state index in [0.717, 1.165) is 29.5 Å². The Balaban J connectivity index is 0.00000217. The molecule has 1 spiro atoms. The zero-order valence-electron chi connectivity index (χ0n) is 19.1. The number of aromatic hydroxyl groups is 1. The minimum atomic E-state index is -0.789. The monoisotopic (exact) mass is 483 g/mol. The van der Waals surface area contributed by atoms with Gasteiger partial charge in [-0.25, -0.2) is 0 Å². The second kappa shape index (κ2) is 7.44. The SMILES string of the molecule is Cl.O=C1CC[C@@]2(OCc3ccccc3)[C@H]3Cc4ccc(O)c5c4[C@@]2(CC[N+]3([O-])CC2CC2)[C@H]1O5. The first-order valence-corrected chi connectivity index (χ1v) is 12.3. The van der Waals surface area contributed by atoms with Gasteiger partial charge >= 0.3 is 0 Å². The number of quaternary nitrogens is 1. The molecule has 3 fully saturated rings. The number of hydrogen-bond acceptors (Lipinski definition) is 5. The molecule has 2 heterocycles. The Bertz CT molecular complexity index is 1150. The summed E-state index contributed by atoms with van der Waals surface area (Å²) in [6, 6.07) is 13.4. The molecular weight excluding hydrogens is 454 g/mol. The van der Waals surface area contributed by atoms with Crippen molar-refractivity contribution in [1.29, 1.82) is 0 Å². The molecule has 0 aromatic heterocycles. The lowest BCUT2D eigenvalue weighted by Crippen LogP contribution is -2.81. The van der Waals surface area contributed by atoms with Gasteiger partial charge in [0.25, 0.3) is 0 Å². The first-order valence-electron chi connectivity index (χ1n) is 12.3. The van der Waals surface area contributed by atoms with Crippen molar-refractivity contribution >= 4 is 18.2 Å². The Hall–Kier alpha value is -2.12. The molecule has 1 N–H and O–H groups in total. The number of benzene rings is 2. The van der Waals surface area contributed by atoms with Crippen LogP contribution in [0, 0.1) is 11.1 Å². The molecule has 0 radical (unpaired) electrons. The van der Waals surface area contributed by atoms with Crippen molar-refractivity contribution in [3.63, 3.8) is 0 Å². The van der Waals surface area contributed by atoms with Gasteiger partial charge in [-0.2, -0.15) is 0 Å². The van der Waals surface area contributed by atoms with Crippen LogP contribution >= 0.6 is 12.4 Å². The zero-order valence-corrected chi connectivity index (χ0v) is 19.9. The fraction of sp³-hybridized carbons (Fsp3) is 0.519. The van der Waals surface area contributed by atoms with Crippen molar-refractivity contribution in [2.75, 3.05) is 13.1 Å². The predicted octanol–water partition coefficient (Wildman–Crippen LogP) is 4.18. The normalized spacial score (nSPS) is 36.9. The number of carbonyl (C=O) groups excluding carboxylic acids is 1. The van der Waals surface area contributed by atoms with Gasteiger partial charge in [0.2, 0.25) is 0 Å². The van der Waals surface area contributed by atoms with Gasteiger partial charge in [0.15, 0.2) is 23.4 Å². The van der Waals surface area contributed by atoms with Crippen LogP contribution in [0.2, 0.25) is 0 Å². The molecule has 2 aliphatic heterocycles. The number of Topliss-reactive ketones (excluding diaryl/α,β-unsaturated/α-hetero) is 1. The van der Waals surface area contributed by atoms with Crippen molar-refractivity contribution in [1.82, 2.24) is 0 Å².